The monoisotopic (exact) mass is 267 g/mol. The Morgan fingerprint density at radius 1 is 1.10 bits per heavy atom. The Kier molecular flexibility index (Phi) is 3.21. The molecule has 2 aromatic carbocycles. The summed E-state index contributed by atoms with van der Waals surface area (Å²) in [4.78, 5) is 4.29. The van der Waals surface area contributed by atoms with Gasteiger partial charge in [0.1, 0.15) is 5.82 Å². The van der Waals surface area contributed by atoms with Crippen molar-refractivity contribution in [2.24, 2.45) is 0 Å². The third kappa shape index (κ3) is 2.40. The minimum Gasteiger partial charge on any atom is -0.397 e. The number of anilines is 2. The summed E-state index contributed by atoms with van der Waals surface area (Å²) in [6, 6.07) is 14.1. The summed E-state index contributed by atoms with van der Waals surface area (Å²) in [5.41, 5.74) is 9.16. The SMILES string of the molecule is Nc1ccc(NCc2cccc(F)c2)c2cccnc12. The van der Waals surface area contributed by atoms with Crippen LogP contribution in [0.1, 0.15) is 5.56 Å². The van der Waals surface area contributed by atoms with Gasteiger partial charge in [-0.1, -0.05) is 12.1 Å². The van der Waals surface area contributed by atoms with Crippen molar-refractivity contribution in [2.75, 3.05) is 11.1 Å². The molecule has 0 spiro atoms. The number of pyridine rings is 1. The van der Waals surface area contributed by atoms with Gasteiger partial charge < -0.3 is 11.1 Å². The minimum atomic E-state index is -0.229. The van der Waals surface area contributed by atoms with Crippen molar-refractivity contribution < 1.29 is 4.39 Å². The Hall–Kier alpha value is -2.62. The second-order valence-electron chi connectivity index (χ2n) is 4.59. The highest BCUT2D eigenvalue weighted by Gasteiger charge is 2.04. The molecule has 0 fully saturated rings. The van der Waals surface area contributed by atoms with Gasteiger partial charge in [0.05, 0.1) is 11.2 Å². The first-order valence-corrected chi connectivity index (χ1v) is 6.35. The second-order valence-corrected chi connectivity index (χ2v) is 4.59. The van der Waals surface area contributed by atoms with Gasteiger partial charge in [-0.15, -0.1) is 0 Å². The maximum absolute atomic E-state index is 13.1. The molecule has 3 rings (SSSR count). The van der Waals surface area contributed by atoms with Gasteiger partial charge in [0, 0.05) is 23.8 Å². The summed E-state index contributed by atoms with van der Waals surface area (Å²) in [5, 5.41) is 4.26. The lowest BCUT2D eigenvalue weighted by atomic mass is 10.1. The third-order valence-electron chi connectivity index (χ3n) is 3.17. The van der Waals surface area contributed by atoms with Gasteiger partial charge in [-0.05, 0) is 42.0 Å². The van der Waals surface area contributed by atoms with Crippen LogP contribution in [-0.2, 0) is 6.54 Å². The average molecular weight is 267 g/mol. The van der Waals surface area contributed by atoms with Crippen molar-refractivity contribution in [3.05, 3.63) is 66.1 Å². The lowest BCUT2D eigenvalue weighted by Crippen LogP contribution is -2.01. The van der Waals surface area contributed by atoms with Gasteiger partial charge >= 0.3 is 0 Å². The first-order valence-electron chi connectivity index (χ1n) is 6.35. The fourth-order valence-electron chi connectivity index (χ4n) is 2.19. The molecule has 0 saturated carbocycles. The molecule has 0 aliphatic rings. The zero-order valence-electron chi connectivity index (χ0n) is 10.8. The van der Waals surface area contributed by atoms with E-state index in [0.29, 0.717) is 12.2 Å². The molecule has 0 amide bonds. The van der Waals surface area contributed by atoms with Gasteiger partial charge in [-0.2, -0.15) is 0 Å². The summed E-state index contributed by atoms with van der Waals surface area (Å²) in [6.45, 7) is 0.547. The summed E-state index contributed by atoms with van der Waals surface area (Å²) < 4.78 is 13.1. The van der Waals surface area contributed by atoms with Crippen molar-refractivity contribution in [2.45, 2.75) is 6.54 Å². The first-order chi connectivity index (χ1) is 9.74. The van der Waals surface area contributed by atoms with Crippen LogP contribution in [0, 0.1) is 5.82 Å². The Morgan fingerprint density at radius 3 is 2.85 bits per heavy atom. The molecule has 0 atom stereocenters. The van der Waals surface area contributed by atoms with Gasteiger partial charge in [-0.3, -0.25) is 4.98 Å². The van der Waals surface area contributed by atoms with Crippen molar-refractivity contribution >= 4 is 22.3 Å². The molecule has 0 saturated heterocycles. The van der Waals surface area contributed by atoms with E-state index in [0.717, 1.165) is 22.2 Å². The number of hydrogen-bond donors (Lipinski definition) is 2. The standard InChI is InChI=1S/C16H14FN3/c17-12-4-1-3-11(9-12)10-20-15-7-6-14(18)16-13(15)5-2-8-19-16/h1-9,20H,10,18H2. The normalized spacial score (nSPS) is 10.7. The predicted octanol–water partition coefficient (Wildman–Crippen LogP) is 3.57. The number of aromatic nitrogens is 1. The number of rotatable bonds is 3. The van der Waals surface area contributed by atoms with Crippen LogP contribution in [0.5, 0.6) is 0 Å². The highest BCUT2D eigenvalue weighted by atomic mass is 19.1. The van der Waals surface area contributed by atoms with Gasteiger partial charge in [-0.25, -0.2) is 4.39 Å². The zero-order chi connectivity index (χ0) is 13.9. The maximum atomic E-state index is 13.1. The zero-order valence-corrected chi connectivity index (χ0v) is 10.8. The Bertz CT molecular complexity index is 756. The molecule has 0 radical (unpaired) electrons. The number of benzene rings is 2. The van der Waals surface area contributed by atoms with Crippen LogP contribution < -0.4 is 11.1 Å². The van der Waals surface area contributed by atoms with Crippen LogP contribution in [0.2, 0.25) is 0 Å². The fourth-order valence-corrected chi connectivity index (χ4v) is 2.19. The largest absolute Gasteiger partial charge is 0.397 e. The molecule has 3 nitrogen and oxygen atoms in total. The molecule has 0 bridgehead atoms. The highest BCUT2D eigenvalue weighted by molar-refractivity contribution is 5.98. The topological polar surface area (TPSA) is 50.9 Å². The molecule has 3 aromatic rings. The number of nitrogens with one attached hydrogen (secondary N) is 1. The highest BCUT2D eigenvalue weighted by Crippen LogP contribution is 2.26. The average Bonchev–Trinajstić information content (AvgIpc) is 2.47. The lowest BCUT2D eigenvalue weighted by molar-refractivity contribution is 0.626. The van der Waals surface area contributed by atoms with Crippen molar-refractivity contribution in [3.8, 4) is 0 Å². The molecule has 1 heterocycles. The van der Waals surface area contributed by atoms with E-state index in [4.69, 9.17) is 5.73 Å². The van der Waals surface area contributed by atoms with E-state index < -0.39 is 0 Å². The molecular formula is C16H14FN3. The number of nitrogens with zero attached hydrogens (tertiary/aromatic N) is 1. The molecule has 0 unspecified atom stereocenters. The lowest BCUT2D eigenvalue weighted by Gasteiger charge is -2.11. The van der Waals surface area contributed by atoms with E-state index in [2.05, 4.69) is 10.3 Å². The van der Waals surface area contributed by atoms with E-state index in [1.807, 2.05) is 30.3 Å². The van der Waals surface area contributed by atoms with Crippen LogP contribution >= 0.6 is 0 Å². The van der Waals surface area contributed by atoms with E-state index in [-0.39, 0.29) is 5.82 Å². The van der Waals surface area contributed by atoms with E-state index in [1.54, 1.807) is 12.3 Å². The quantitative estimate of drug-likeness (QED) is 0.713. The van der Waals surface area contributed by atoms with Crippen LogP contribution in [-0.4, -0.2) is 4.98 Å². The molecule has 4 heteroatoms. The number of fused-ring (bicyclic) bond motifs is 1. The van der Waals surface area contributed by atoms with E-state index in [1.165, 1.54) is 12.1 Å². The Labute approximate surface area is 116 Å². The van der Waals surface area contributed by atoms with Gasteiger partial charge in [0.15, 0.2) is 0 Å². The predicted molar refractivity (Wildman–Crippen MR) is 79.9 cm³/mol. The van der Waals surface area contributed by atoms with Gasteiger partial charge in [0.2, 0.25) is 0 Å². The molecule has 0 aliphatic heterocycles. The van der Waals surface area contributed by atoms with Crippen molar-refractivity contribution in [3.63, 3.8) is 0 Å². The number of nitrogen functional groups attached to an aromatic ring is 1. The van der Waals surface area contributed by atoms with Crippen LogP contribution in [0.4, 0.5) is 15.8 Å². The molecule has 0 aliphatic carbocycles. The third-order valence-corrected chi connectivity index (χ3v) is 3.17. The molecular weight excluding hydrogens is 253 g/mol. The number of nitrogens with two attached hydrogens (primary N) is 1. The van der Waals surface area contributed by atoms with Crippen LogP contribution in [0.15, 0.2) is 54.7 Å². The number of halogens is 1. The molecule has 20 heavy (non-hydrogen) atoms. The van der Waals surface area contributed by atoms with Crippen molar-refractivity contribution in [1.82, 2.24) is 4.98 Å². The molecule has 1 aromatic heterocycles. The fraction of sp³-hybridized carbons (Fsp3) is 0.0625. The summed E-state index contributed by atoms with van der Waals surface area (Å²) >= 11 is 0. The first kappa shape index (κ1) is 12.4. The van der Waals surface area contributed by atoms with Crippen LogP contribution in [0.25, 0.3) is 10.9 Å². The maximum Gasteiger partial charge on any atom is 0.123 e. The van der Waals surface area contributed by atoms with E-state index in [9.17, 15) is 4.39 Å². The summed E-state index contributed by atoms with van der Waals surface area (Å²) in [5.74, 6) is -0.229. The Morgan fingerprint density at radius 2 is 2.00 bits per heavy atom. The Balaban J connectivity index is 1.90. The van der Waals surface area contributed by atoms with Crippen molar-refractivity contribution in [1.29, 1.82) is 0 Å². The van der Waals surface area contributed by atoms with Crippen LogP contribution in [0.3, 0.4) is 0 Å². The number of hydrogen-bond acceptors (Lipinski definition) is 3. The second kappa shape index (κ2) is 5.17. The van der Waals surface area contributed by atoms with Gasteiger partial charge in [0.25, 0.3) is 0 Å². The van der Waals surface area contributed by atoms with E-state index >= 15 is 0 Å². The summed E-state index contributed by atoms with van der Waals surface area (Å²) in [7, 11) is 0. The molecule has 3 N–H and O–H groups in total. The minimum absolute atomic E-state index is 0.229. The molecule has 100 valence electrons. The smallest absolute Gasteiger partial charge is 0.123 e. The summed E-state index contributed by atoms with van der Waals surface area (Å²) in [6.07, 6.45) is 1.72.